The fourth-order valence-corrected chi connectivity index (χ4v) is 3.35. The van der Waals surface area contributed by atoms with Gasteiger partial charge in [-0.05, 0) is 44.9 Å². The summed E-state index contributed by atoms with van der Waals surface area (Å²) >= 11 is 0. The van der Waals surface area contributed by atoms with E-state index >= 15 is 0 Å². The van der Waals surface area contributed by atoms with Crippen molar-refractivity contribution in [2.45, 2.75) is 95.1 Å². The van der Waals surface area contributed by atoms with Gasteiger partial charge in [0.15, 0.2) is 6.29 Å². The smallest absolute Gasteiger partial charge is 0.305 e. The van der Waals surface area contributed by atoms with Crippen LogP contribution in [0.1, 0.15) is 58.3 Å². The third kappa shape index (κ3) is 14.0. The summed E-state index contributed by atoms with van der Waals surface area (Å²) in [6.07, 6.45) is 15.4. The Balaban J connectivity index is 2.06. The number of allylic oxidation sites excluding steroid dienone is 8. The normalized spacial score (nSPS) is 26.0. The third-order valence-electron chi connectivity index (χ3n) is 5.46. The van der Waals surface area contributed by atoms with Crippen LogP contribution in [0.25, 0.3) is 0 Å². The summed E-state index contributed by atoms with van der Waals surface area (Å²) in [5, 5.41) is 48.5. The van der Waals surface area contributed by atoms with Crippen molar-refractivity contribution in [1.82, 2.24) is 0 Å². The van der Waals surface area contributed by atoms with E-state index in [4.69, 9.17) is 19.3 Å². The monoisotopic (exact) mass is 512 g/mol. The van der Waals surface area contributed by atoms with E-state index in [2.05, 4.69) is 55.5 Å². The second-order valence-electron chi connectivity index (χ2n) is 8.61. The molecule has 9 heteroatoms. The number of carbonyl (C=O) groups excluding carboxylic acids is 1. The Morgan fingerprint density at radius 2 is 1.47 bits per heavy atom. The van der Waals surface area contributed by atoms with Gasteiger partial charge in [-0.3, -0.25) is 4.79 Å². The summed E-state index contributed by atoms with van der Waals surface area (Å²) in [5.74, 6) is -0.424. The zero-order valence-electron chi connectivity index (χ0n) is 21.2. The number of hydrogen-bond acceptors (Lipinski definition) is 9. The highest BCUT2D eigenvalue weighted by Crippen LogP contribution is 2.22. The number of rotatable bonds is 18. The maximum Gasteiger partial charge on any atom is 0.305 e. The molecule has 36 heavy (non-hydrogen) atoms. The molecule has 0 bridgehead atoms. The second-order valence-corrected chi connectivity index (χ2v) is 8.61. The highest BCUT2D eigenvalue weighted by Gasteiger charge is 2.44. The second kappa shape index (κ2) is 20.2. The fraction of sp³-hybridized carbons (Fsp3) is 0.667. The predicted octanol–water partition coefficient (Wildman–Crippen LogP) is 2.07. The fourth-order valence-electron chi connectivity index (χ4n) is 3.35. The number of carbonyl (C=O) groups is 1. The minimum Gasteiger partial charge on any atom is -0.463 e. The predicted molar refractivity (Wildman–Crippen MR) is 136 cm³/mol. The van der Waals surface area contributed by atoms with Crippen LogP contribution in [-0.2, 0) is 19.0 Å². The maximum absolute atomic E-state index is 11.8. The van der Waals surface area contributed by atoms with Crippen molar-refractivity contribution in [1.29, 1.82) is 0 Å². The first kappa shape index (κ1) is 32.2. The molecule has 0 spiro atoms. The van der Waals surface area contributed by atoms with Gasteiger partial charge in [0.2, 0.25) is 0 Å². The van der Waals surface area contributed by atoms with Crippen LogP contribution in [-0.4, -0.2) is 88.1 Å². The first-order valence-electron chi connectivity index (χ1n) is 12.8. The van der Waals surface area contributed by atoms with E-state index in [1.807, 2.05) is 0 Å². The quantitative estimate of drug-likeness (QED) is 0.106. The minimum atomic E-state index is -1.56. The Morgan fingerprint density at radius 1 is 0.861 bits per heavy atom. The highest BCUT2D eigenvalue weighted by atomic mass is 16.7. The molecule has 1 aliphatic rings. The summed E-state index contributed by atoms with van der Waals surface area (Å²) < 4.78 is 15.4. The van der Waals surface area contributed by atoms with Crippen molar-refractivity contribution in [3.8, 4) is 0 Å². The largest absolute Gasteiger partial charge is 0.463 e. The van der Waals surface area contributed by atoms with Crippen LogP contribution in [0.5, 0.6) is 0 Å². The van der Waals surface area contributed by atoms with Gasteiger partial charge in [-0.1, -0.05) is 55.5 Å². The minimum absolute atomic E-state index is 0.244. The van der Waals surface area contributed by atoms with Crippen molar-refractivity contribution in [3.63, 3.8) is 0 Å². The third-order valence-corrected chi connectivity index (χ3v) is 5.46. The van der Waals surface area contributed by atoms with Crippen LogP contribution in [0.2, 0.25) is 0 Å². The molecule has 0 aromatic carbocycles. The van der Waals surface area contributed by atoms with Crippen LogP contribution in [0.3, 0.4) is 0 Å². The van der Waals surface area contributed by atoms with Gasteiger partial charge in [0.25, 0.3) is 0 Å². The lowest BCUT2D eigenvalue weighted by molar-refractivity contribution is -0.305. The number of hydrogen-bond donors (Lipinski definition) is 5. The van der Waals surface area contributed by atoms with Gasteiger partial charge in [-0.25, -0.2) is 0 Å². The van der Waals surface area contributed by atoms with Gasteiger partial charge in [0, 0.05) is 6.42 Å². The molecule has 1 fully saturated rings. The Hall–Kier alpha value is -1.85. The molecule has 9 nitrogen and oxygen atoms in total. The molecule has 206 valence electrons. The van der Waals surface area contributed by atoms with Crippen LogP contribution >= 0.6 is 0 Å². The number of unbranched alkanes of at least 4 members (excludes halogenated alkanes) is 2. The van der Waals surface area contributed by atoms with Crippen LogP contribution in [0.15, 0.2) is 48.6 Å². The average Bonchev–Trinajstić information content (AvgIpc) is 2.88. The molecule has 0 radical (unpaired) electrons. The summed E-state index contributed by atoms with van der Waals surface area (Å²) in [5.41, 5.74) is 0. The Kier molecular flexibility index (Phi) is 18.1. The van der Waals surface area contributed by atoms with Gasteiger partial charge < -0.3 is 39.7 Å². The van der Waals surface area contributed by atoms with Crippen molar-refractivity contribution < 1.29 is 44.5 Å². The first-order chi connectivity index (χ1) is 17.4. The standard InChI is InChI=1S/C27H44O9/c1-2-3-4-5-6-7-8-9-10-11-12-13-14-15-16-17-23(30)34-19-21(29)20-35-27-26(33)25(32)24(31)22(18-28)36-27/h3-4,6-7,9-10,12-13,21-22,24-29,31-33H,2,5,8,11,14-20H2,1H3/b4-3-,7-6-,10-9-,13-12-/t21-,22-,24+,25+,26-,27-/m1/s1. The molecular weight excluding hydrogens is 468 g/mol. The zero-order chi connectivity index (χ0) is 26.6. The lowest BCUT2D eigenvalue weighted by Gasteiger charge is -2.39. The molecule has 0 aromatic heterocycles. The van der Waals surface area contributed by atoms with E-state index in [0.717, 1.165) is 38.5 Å². The summed E-state index contributed by atoms with van der Waals surface area (Å²) in [6.45, 7) is 0.931. The average molecular weight is 513 g/mol. The van der Waals surface area contributed by atoms with Gasteiger partial charge >= 0.3 is 5.97 Å². The molecule has 1 heterocycles. The van der Waals surface area contributed by atoms with E-state index in [1.54, 1.807) is 0 Å². The van der Waals surface area contributed by atoms with Crippen molar-refractivity contribution >= 4 is 5.97 Å². The Labute approximate surface area is 214 Å². The molecule has 1 aliphatic heterocycles. The van der Waals surface area contributed by atoms with E-state index in [-0.39, 0.29) is 19.6 Å². The number of aliphatic hydroxyl groups excluding tert-OH is 5. The van der Waals surface area contributed by atoms with Crippen LogP contribution in [0, 0.1) is 0 Å². The van der Waals surface area contributed by atoms with E-state index in [0.29, 0.717) is 6.42 Å². The summed E-state index contributed by atoms with van der Waals surface area (Å²) in [7, 11) is 0. The molecule has 0 saturated carbocycles. The van der Waals surface area contributed by atoms with Gasteiger partial charge in [-0.2, -0.15) is 0 Å². The van der Waals surface area contributed by atoms with Crippen LogP contribution < -0.4 is 0 Å². The van der Waals surface area contributed by atoms with Crippen molar-refractivity contribution in [2.75, 3.05) is 19.8 Å². The topological polar surface area (TPSA) is 146 Å². The first-order valence-corrected chi connectivity index (χ1v) is 12.8. The maximum atomic E-state index is 11.8. The number of esters is 1. The molecule has 0 amide bonds. The number of ether oxygens (including phenoxy) is 3. The molecule has 6 atom stereocenters. The molecule has 0 unspecified atom stereocenters. The lowest BCUT2D eigenvalue weighted by atomic mass is 9.99. The number of aliphatic hydroxyl groups is 5. The molecule has 0 aliphatic carbocycles. The highest BCUT2D eigenvalue weighted by molar-refractivity contribution is 5.69. The molecule has 5 N–H and O–H groups in total. The summed E-state index contributed by atoms with van der Waals surface area (Å²) in [4.78, 5) is 11.8. The summed E-state index contributed by atoms with van der Waals surface area (Å²) in [6, 6.07) is 0. The van der Waals surface area contributed by atoms with Gasteiger partial charge in [-0.15, -0.1) is 0 Å². The molecular formula is C27H44O9. The Bertz CT molecular complexity index is 687. The molecule has 1 saturated heterocycles. The van der Waals surface area contributed by atoms with Gasteiger partial charge in [0.05, 0.1) is 13.2 Å². The van der Waals surface area contributed by atoms with Crippen LogP contribution in [0.4, 0.5) is 0 Å². The van der Waals surface area contributed by atoms with E-state index in [1.165, 1.54) is 0 Å². The van der Waals surface area contributed by atoms with Gasteiger partial charge in [0.1, 0.15) is 37.1 Å². The Morgan fingerprint density at radius 3 is 2.08 bits per heavy atom. The van der Waals surface area contributed by atoms with Crippen molar-refractivity contribution in [3.05, 3.63) is 48.6 Å². The molecule has 1 rings (SSSR count). The van der Waals surface area contributed by atoms with Crippen molar-refractivity contribution in [2.24, 2.45) is 0 Å². The van der Waals surface area contributed by atoms with E-state index in [9.17, 15) is 25.2 Å². The SMILES string of the molecule is CC/C=C\C/C=C\C/C=C\C/C=C\CCCCC(=O)OC[C@@H](O)CO[C@@H]1O[C@H](CO)[C@H](O)[C@H](O)[C@H]1O. The van der Waals surface area contributed by atoms with E-state index < -0.39 is 49.4 Å². The lowest BCUT2D eigenvalue weighted by Crippen LogP contribution is -2.59. The zero-order valence-corrected chi connectivity index (χ0v) is 21.2. The molecule has 0 aromatic rings.